The molecule has 1 nitrogen and oxygen atoms in total. The van der Waals surface area contributed by atoms with Gasteiger partial charge in [0.2, 0.25) is 0 Å². The summed E-state index contributed by atoms with van der Waals surface area (Å²) in [5.74, 6) is -3.60. The van der Waals surface area contributed by atoms with E-state index in [0.29, 0.717) is 0 Å². The van der Waals surface area contributed by atoms with Crippen LogP contribution >= 0.6 is 11.6 Å². The highest BCUT2D eigenvalue weighted by Gasteiger charge is 2.71. The third-order valence-electron chi connectivity index (χ3n) is 2.89. The molecule has 1 aliphatic carbocycles. The summed E-state index contributed by atoms with van der Waals surface area (Å²) in [5, 5.41) is 0.238. The Kier molecular flexibility index (Phi) is 2.24. The second-order valence-corrected chi connectivity index (χ2v) is 4.23. The summed E-state index contributed by atoms with van der Waals surface area (Å²) in [7, 11) is 0. The van der Waals surface area contributed by atoms with E-state index < -0.39 is 23.6 Å². The van der Waals surface area contributed by atoms with Gasteiger partial charge in [0, 0.05) is 23.6 Å². The Bertz CT molecular complexity index is 408. The summed E-state index contributed by atoms with van der Waals surface area (Å²) >= 11 is 5.65. The third kappa shape index (κ3) is 1.43. The van der Waals surface area contributed by atoms with Gasteiger partial charge in [-0.15, -0.1) is 0 Å². The van der Waals surface area contributed by atoms with Crippen LogP contribution in [0.15, 0.2) is 18.2 Å². The van der Waals surface area contributed by atoms with Crippen molar-refractivity contribution in [1.29, 1.82) is 0 Å². The molecule has 0 aliphatic heterocycles. The van der Waals surface area contributed by atoms with Crippen LogP contribution in [0, 0.1) is 5.82 Å². The molecule has 5 heteroatoms. The van der Waals surface area contributed by atoms with Crippen molar-refractivity contribution in [3.63, 3.8) is 0 Å². The Morgan fingerprint density at radius 1 is 1.40 bits per heavy atom. The maximum Gasteiger partial charge on any atom is 0.260 e. The molecule has 2 rings (SSSR count). The van der Waals surface area contributed by atoms with Gasteiger partial charge in [0.05, 0.1) is 5.41 Å². The van der Waals surface area contributed by atoms with Crippen molar-refractivity contribution in [2.45, 2.75) is 17.8 Å². The van der Waals surface area contributed by atoms with Gasteiger partial charge in [0.25, 0.3) is 5.92 Å². The molecule has 0 radical (unpaired) electrons. The first-order valence-corrected chi connectivity index (χ1v) is 4.84. The van der Waals surface area contributed by atoms with Gasteiger partial charge in [-0.3, -0.25) is 0 Å². The quantitative estimate of drug-likeness (QED) is 0.838. The van der Waals surface area contributed by atoms with Crippen LogP contribution in [0.1, 0.15) is 12.0 Å². The smallest absolute Gasteiger partial charge is 0.260 e. The van der Waals surface area contributed by atoms with Crippen LogP contribution in [-0.2, 0) is 5.41 Å². The summed E-state index contributed by atoms with van der Waals surface area (Å²) in [4.78, 5) is 0. The summed E-state index contributed by atoms with van der Waals surface area (Å²) in [6, 6.07) is 3.64. The molecular weight excluding hydrogens is 227 g/mol. The average molecular weight is 236 g/mol. The number of alkyl halides is 2. The molecule has 1 aromatic carbocycles. The van der Waals surface area contributed by atoms with E-state index in [1.165, 1.54) is 12.1 Å². The number of rotatable bonds is 2. The minimum Gasteiger partial charge on any atom is -0.329 e. The second kappa shape index (κ2) is 3.12. The van der Waals surface area contributed by atoms with Crippen LogP contribution in [0.25, 0.3) is 0 Å². The van der Waals surface area contributed by atoms with Crippen LogP contribution in [-0.4, -0.2) is 12.5 Å². The Balaban J connectivity index is 2.50. The van der Waals surface area contributed by atoms with Gasteiger partial charge in [0.15, 0.2) is 0 Å². The average Bonchev–Trinajstić information content (AvgIpc) is 2.74. The van der Waals surface area contributed by atoms with Gasteiger partial charge in [-0.1, -0.05) is 11.6 Å². The lowest BCUT2D eigenvalue weighted by atomic mass is 9.95. The Morgan fingerprint density at radius 3 is 2.47 bits per heavy atom. The van der Waals surface area contributed by atoms with Crippen molar-refractivity contribution < 1.29 is 13.2 Å². The molecule has 1 saturated carbocycles. The summed E-state index contributed by atoms with van der Waals surface area (Å²) < 4.78 is 39.7. The monoisotopic (exact) mass is 235 g/mol. The Labute approximate surface area is 90.0 Å². The van der Waals surface area contributed by atoms with Crippen LogP contribution in [0.4, 0.5) is 13.2 Å². The van der Waals surface area contributed by atoms with E-state index in [1.54, 1.807) is 0 Å². The number of nitrogens with two attached hydrogens (primary N) is 1. The Morgan fingerprint density at radius 2 is 2.00 bits per heavy atom. The largest absolute Gasteiger partial charge is 0.329 e. The summed E-state index contributed by atoms with van der Waals surface area (Å²) in [6.07, 6.45) is -0.409. The minimum atomic E-state index is -2.92. The fraction of sp³-hybridized carbons (Fsp3) is 0.400. The molecule has 1 atom stereocenters. The minimum absolute atomic E-state index is 0.0810. The highest BCUT2D eigenvalue weighted by atomic mass is 35.5. The first-order chi connectivity index (χ1) is 6.93. The summed E-state index contributed by atoms with van der Waals surface area (Å²) in [5.41, 5.74) is 3.67. The lowest BCUT2D eigenvalue weighted by molar-refractivity contribution is 0.0887. The molecule has 0 aromatic heterocycles. The van der Waals surface area contributed by atoms with Gasteiger partial charge in [-0.25, -0.2) is 13.2 Å². The predicted molar refractivity (Wildman–Crippen MR) is 51.7 cm³/mol. The SMILES string of the molecule is NCC1(c2cc(Cl)ccc2F)CC1(F)F. The van der Waals surface area contributed by atoms with Crippen molar-refractivity contribution in [3.05, 3.63) is 34.6 Å². The van der Waals surface area contributed by atoms with E-state index in [-0.39, 0.29) is 17.1 Å². The zero-order valence-electron chi connectivity index (χ0n) is 7.74. The molecule has 0 saturated heterocycles. The second-order valence-electron chi connectivity index (χ2n) is 3.79. The van der Waals surface area contributed by atoms with Gasteiger partial charge in [-0.2, -0.15) is 0 Å². The van der Waals surface area contributed by atoms with E-state index >= 15 is 0 Å². The Hall–Kier alpha value is -0.740. The van der Waals surface area contributed by atoms with E-state index in [9.17, 15) is 13.2 Å². The summed E-state index contributed by atoms with van der Waals surface area (Å²) in [6.45, 7) is -0.280. The molecule has 2 N–H and O–H groups in total. The zero-order chi connectivity index (χ0) is 11.3. The first-order valence-electron chi connectivity index (χ1n) is 4.46. The lowest BCUT2D eigenvalue weighted by Crippen LogP contribution is -2.27. The standard InChI is InChI=1S/C10H9ClF3N/c11-6-1-2-8(12)7(3-6)9(5-15)4-10(9,13)14/h1-3H,4-5,15H2. The number of hydrogen-bond donors (Lipinski definition) is 1. The van der Waals surface area contributed by atoms with Crippen molar-refractivity contribution in [2.75, 3.05) is 6.54 Å². The van der Waals surface area contributed by atoms with Crippen molar-refractivity contribution >= 4 is 11.6 Å². The fourth-order valence-electron chi connectivity index (χ4n) is 1.82. The molecule has 1 unspecified atom stereocenters. The van der Waals surface area contributed by atoms with E-state index in [0.717, 1.165) is 6.07 Å². The molecule has 1 aromatic rings. The van der Waals surface area contributed by atoms with Crippen molar-refractivity contribution in [2.24, 2.45) is 5.73 Å². The van der Waals surface area contributed by atoms with Gasteiger partial charge < -0.3 is 5.73 Å². The predicted octanol–water partition coefficient (Wildman–Crippen LogP) is 2.71. The highest BCUT2D eigenvalue weighted by Crippen LogP contribution is 2.61. The molecule has 1 fully saturated rings. The molecule has 0 bridgehead atoms. The molecule has 82 valence electrons. The fourth-order valence-corrected chi connectivity index (χ4v) is 1.99. The van der Waals surface area contributed by atoms with Crippen LogP contribution in [0.3, 0.4) is 0 Å². The molecular formula is C10H9ClF3N. The number of hydrogen-bond acceptors (Lipinski definition) is 1. The van der Waals surface area contributed by atoms with Crippen LogP contribution in [0.2, 0.25) is 5.02 Å². The number of halogens is 4. The topological polar surface area (TPSA) is 26.0 Å². The maximum atomic E-state index is 13.4. The molecule has 1 aliphatic rings. The van der Waals surface area contributed by atoms with Crippen LogP contribution < -0.4 is 5.73 Å². The third-order valence-corrected chi connectivity index (χ3v) is 3.13. The molecule has 15 heavy (non-hydrogen) atoms. The van der Waals surface area contributed by atoms with E-state index in [2.05, 4.69) is 0 Å². The maximum absolute atomic E-state index is 13.4. The molecule has 0 amide bonds. The normalized spacial score (nSPS) is 27.8. The molecule has 0 spiro atoms. The highest BCUT2D eigenvalue weighted by molar-refractivity contribution is 6.30. The molecule has 0 heterocycles. The van der Waals surface area contributed by atoms with Gasteiger partial charge in [0.1, 0.15) is 5.82 Å². The van der Waals surface area contributed by atoms with E-state index in [1.807, 2.05) is 0 Å². The van der Waals surface area contributed by atoms with Gasteiger partial charge in [-0.05, 0) is 18.2 Å². The number of benzene rings is 1. The van der Waals surface area contributed by atoms with Crippen molar-refractivity contribution in [1.82, 2.24) is 0 Å². The van der Waals surface area contributed by atoms with Gasteiger partial charge >= 0.3 is 0 Å². The van der Waals surface area contributed by atoms with Crippen molar-refractivity contribution in [3.8, 4) is 0 Å². The lowest BCUT2D eigenvalue weighted by Gasteiger charge is -2.15. The first kappa shape index (κ1) is 10.8. The van der Waals surface area contributed by atoms with Crippen LogP contribution in [0.5, 0.6) is 0 Å². The zero-order valence-corrected chi connectivity index (χ0v) is 8.49. The van der Waals surface area contributed by atoms with E-state index in [4.69, 9.17) is 17.3 Å².